The Balaban J connectivity index is 0.000000845. The predicted molar refractivity (Wildman–Crippen MR) is 52.6 cm³/mol. The van der Waals surface area contributed by atoms with Crippen molar-refractivity contribution in [1.29, 1.82) is 0 Å². The van der Waals surface area contributed by atoms with Gasteiger partial charge in [0.05, 0.1) is 24.7 Å². The molecule has 0 fully saturated rings. The minimum absolute atomic E-state index is 0. The van der Waals surface area contributed by atoms with Gasteiger partial charge in [0.1, 0.15) is 0 Å². The average molecular weight is 202 g/mol. The summed E-state index contributed by atoms with van der Waals surface area (Å²) in [4.78, 5) is 8.25. The van der Waals surface area contributed by atoms with Crippen molar-refractivity contribution < 1.29 is 4.74 Å². The van der Waals surface area contributed by atoms with Crippen molar-refractivity contribution in [3.63, 3.8) is 0 Å². The van der Waals surface area contributed by atoms with E-state index in [1.807, 2.05) is 0 Å². The number of hydrogen-bond donors (Lipinski definition) is 1. The first-order valence-corrected chi connectivity index (χ1v) is 4.04. The molecule has 0 radical (unpaired) electrons. The maximum Gasteiger partial charge on any atom is 0.316 e. The summed E-state index contributed by atoms with van der Waals surface area (Å²) in [6, 6.07) is 0.456. The van der Waals surface area contributed by atoms with Crippen molar-refractivity contribution in [3.8, 4) is 6.01 Å². The fourth-order valence-electron chi connectivity index (χ4n) is 1.31. The van der Waals surface area contributed by atoms with E-state index in [4.69, 9.17) is 4.74 Å². The van der Waals surface area contributed by atoms with Gasteiger partial charge in [0.15, 0.2) is 0 Å². The largest absolute Gasteiger partial charge is 0.467 e. The van der Waals surface area contributed by atoms with Gasteiger partial charge in [-0.05, 0) is 12.8 Å². The van der Waals surface area contributed by atoms with E-state index in [1.165, 1.54) is 0 Å². The monoisotopic (exact) mass is 201 g/mol. The normalized spacial score (nSPS) is 13.6. The molecule has 0 aromatic carbocycles. The van der Waals surface area contributed by atoms with E-state index in [0.29, 0.717) is 6.01 Å². The molecular weight excluding hydrogens is 190 g/mol. The minimum Gasteiger partial charge on any atom is -0.467 e. The van der Waals surface area contributed by atoms with Gasteiger partial charge >= 0.3 is 6.01 Å². The minimum atomic E-state index is 0. The Hall–Kier alpha value is -1.03. The zero-order valence-electron chi connectivity index (χ0n) is 7.41. The SMILES string of the molecule is COc1ncc2c(n1)CCCN2.Cl. The molecule has 0 amide bonds. The summed E-state index contributed by atoms with van der Waals surface area (Å²) in [5.74, 6) is 0. The molecule has 0 aliphatic carbocycles. The highest BCUT2D eigenvalue weighted by Gasteiger charge is 2.10. The van der Waals surface area contributed by atoms with E-state index in [-0.39, 0.29) is 12.4 Å². The van der Waals surface area contributed by atoms with Crippen LogP contribution in [-0.2, 0) is 6.42 Å². The molecule has 2 heterocycles. The van der Waals surface area contributed by atoms with Crippen LogP contribution in [0.3, 0.4) is 0 Å². The third-order valence-corrected chi connectivity index (χ3v) is 1.93. The Labute approximate surface area is 83.1 Å². The van der Waals surface area contributed by atoms with Crippen LogP contribution >= 0.6 is 12.4 Å². The molecular formula is C8H12ClN3O. The van der Waals surface area contributed by atoms with Crippen LogP contribution < -0.4 is 10.1 Å². The van der Waals surface area contributed by atoms with E-state index < -0.39 is 0 Å². The van der Waals surface area contributed by atoms with Gasteiger partial charge in [0, 0.05) is 6.54 Å². The van der Waals surface area contributed by atoms with E-state index in [2.05, 4.69) is 15.3 Å². The Kier molecular flexibility index (Phi) is 3.31. The molecule has 72 valence electrons. The van der Waals surface area contributed by atoms with E-state index in [9.17, 15) is 0 Å². The second-order valence-corrected chi connectivity index (χ2v) is 2.75. The molecule has 0 saturated carbocycles. The highest BCUT2D eigenvalue weighted by Crippen LogP contribution is 2.19. The van der Waals surface area contributed by atoms with Crippen LogP contribution in [0.4, 0.5) is 5.69 Å². The Bertz CT molecular complexity index is 293. The molecule has 0 unspecified atom stereocenters. The second-order valence-electron chi connectivity index (χ2n) is 2.75. The van der Waals surface area contributed by atoms with Crippen LogP contribution in [0.2, 0.25) is 0 Å². The maximum atomic E-state index is 4.93. The zero-order chi connectivity index (χ0) is 8.39. The number of hydrogen-bond acceptors (Lipinski definition) is 4. The van der Waals surface area contributed by atoms with Crippen LogP contribution in [0.1, 0.15) is 12.1 Å². The van der Waals surface area contributed by atoms with Gasteiger partial charge in [0.2, 0.25) is 0 Å². The van der Waals surface area contributed by atoms with Crippen molar-refractivity contribution in [1.82, 2.24) is 9.97 Å². The molecule has 5 heteroatoms. The number of nitrogens with one attached hydrogen (secondary N) is 1. The molecule has 1 aromatic heterocycles. The number of nitrogens with zero attached hydrogens (tertiary/aromatic N) is 2. The summed E-state index contributed by atoms with van der Waals surface area (Å²) in [5.41, 5.74) is 2.11. The third-order valence-electron chi connectivity index (χ3n) is 1.93. The summed E-state index contributed by atoms with van der Waals surface area (Å²) in [5, 5.41) is 3.23. The van der Waals surface area contributed by atoms with Crippen LogP contribution in [-0.4, -0.2) is 23.6 Å². The van der Waals surface area contributed by atoms with E-state index in [0.717, 1.165) is 30.8 Å². The molecule has 4 nitrogen and oxygen atoms in total. The number of ether oxygens (including phenoxy) is 1. The summed E-state index contributed by atoms with van der Waals surface area (Å²) in [6.07, 6.45) is 3.93. The summed E-state index contributed by atoms with van der Waals surface area (Å²) in [7, 11) is 1.58. The summed E-state index contributed by atoms with van der Waals surface area (Å²) in [6.45, 7) is 1.02. The van der Waals surface area contributed by atoms with Crippen molar-refractivity contribution >= 4 is 18.1 Å². The van der Waals surface area contributed by atoms with E-state index >= 15 is 0 Å². The van der Waals surface area contributed by atoms with Gasteiger partial charge in [-0.1, -0.05) is 0 Å². The van der Waals surface area contributed by atoms with Gasteiger partial charge in [0.25, 0.3) is 0 Å². The van der Waals surface area contributed by atoms with Crippen LogP contribution in [0, 0.1) is 0 Å². The molecule has 1 aliphatic heterocycles. The molecule has 2 rings (SSSR count). The van der Waals surface area contributed by atoms with Gasteiger partial charge in [-0.3, -0.25) is 0 Å². The van der Waals surface area contributed by atoms with Crippen molar-refractivity contribution in [2.45, 2.75) is 12.8 Å². The molecule has 1 aromatic rings. The maximum absolute atomic E-state index is 4.93. The lowest BCUT2D eigenvalue weighted by molar-refractivity contribution is 0.377. The first-order chi connectivity index (χ1) is 5.90. The number of fused-ring (bicyclic) bond motifs is 1. The molecule has 13 heavy (non-hydrogen) atoms. The first kappa shape index (κ1) is 10.1. The fourth-order valence-corrected chi connectivity index (χ4v) is 1.31. The molecule has 1 N–H and O–H groups in total. The fraction of sp³-hybridized carbons (Fsp3) is 0.500. The standard InChI is InChI=1S/C8H11N3O.ClH/c1-12-8-10-5-7-6(11-8)3-2-4-9-7;/h5,9H,2-4H2,1H3;1H. The second kappa shape index (κ2) is 4.28. The number of aromatic nitrogens is 2. The lowest BCUT2D eigenvalue weighted by Crippen LogP contribution is -2.13. The summed E-state index contributed by atoms with van der Waals surface area (Å²) >= 11 is 0. The molecule has 0 bridgehead atoms. The number of methoxy groups -OCH3 is 1. The highest BCUT2D eigenvalue weighted by atomic mass is 35.5. The van der Waals surface area contributed by atoms with Crippen molar-refractivity contribution in [3.05, 3.63) is 11.9 Å². The van der Waals surface area contributed by atoms with Crippen LogP contribution in [0.25, 0.3) is 0 Å². The van der Waals surface area contributed by atoms with Gasteiger partial charge < -0.3 is 10.1 Å². The zero-order valence-corrected chi connectivity index (χ0v) is 8.23. The first-order valence-electron chi connectivity index (χ1n) is 4.04. The Morgan fingerprint density at radius 3 is 3.15 bits per heavy atom. The lowest BCUT2D eigenvalue weighted by atomic mass is 10.1. The van der Waals surface area contributed by atoms with Crippen molar-refractivity contribution in [2.75, 3.05) is 19.0 Å². The van der Waals surface area contributed by atoms with E-state index in [1.54, 1.807) is 13.3 Å². The molecule has 0 atom stereocenters. The lowest BCUT2D eigenvalue weighted by Gasteiger charge is -2.16. The van der Waals surface area contributed by atoms with Crippen LogP contribution in [0.15, 0.2) is 6.20 Å². The van der Waals surface area contributed by atoms with Crippen molar-refractivity contribution in [2.24, 2.45) is 0 Å². The number of rotatable bonds is 1. The number of aryl methyl sites for hydroxylation is 1. The molecule has 1 aliphatic rings. The number of anilines is 1. The quantitative estimate of drug-likeness (QED) is 0.744. The average Bonchev–Trinajstić information content (AvgIpc) is 2.17. The van der Waals surface area contributed by atoms with Crippen LogP contribution in [0.5, 0.6) is 6.01 Å². The topological polar surface area (TPSA) is 47.0 Å². The molecule has 0 spiro atoms. The van der Waals surface area contributed by atoms with Gasteiger partial charge in [-0.15, -0.1) is 12.4 Å². The Morgan fingerprint density at radius 2 is 2.38 bits per heavy atom. The summed E-state index contributed by atoms with van der Waals surface area (Å²) < 4.78 is 4.93. The highest BCUT2D eigenvalue weighted by molar-refractivity contribution is 5.85. The Morgan fingerprint density at radius 1 is 1.54 bits per heavy atom. The van der Waals surface area contributed by atoms with Gasteiger partial charge in [-0.25, -0.2) is 4.98 Å². The smallest absolute Gasteiger partial charge is 0.316 e. The third kappa shape index (κ3) is 2.01. The molecule has 0 saturated heterocycles. The number of halogens is 1. The predicted octanol–water partition coefficient (Wildman–Crippen LogP) is 1.27. The van der Waals surface area contributed by atoms with Gasteiger partial charge in [-0.2, -0.15) is 4.98 Å².